The van der Waals surface area contributed by atoms with Gasteiger partial charge in [0.25, 0.3) is 0 Å². The molecule has 2 aromatic rings. The van der Waals surface area contributed by atoms with Crippen molar-refractivity contribution in [2.24, 2.45) is 17.8 Å². The van der Waals surface area contributed by atoms with Crippen molar-refractivity contribution >= 4 is 60.9 Å². The fourth-order valence-corrected chi connectivity index (χ4v) is 7.54. The lowest BCUT2D eigenvalue weighted by atomic mass is 9.59. The number of hydrogen-bond donors (Lipinski definition) is 1. The van der Waals surface area contributed by atoms with Gasteiger partial charge in [0.1, 0.15) is 0 Å². The number of imide groups is 1. The summed E-state index contributed by atoms with van der Waals surface area (Å²) in [6.45, 7) is 2.04. The third-order valence-electron chi connectivity index (χ3n) is 8.54. The van der Waals surface area contributed by atoms with Gasteiger partial charge < -0.3 is 9.84 Å². The van der Waals surface area contributed by atoms with Crippen molar-refractivity contribution in [3.8, 4) is 11.5 Å². The average Bonchev–Trinajstić information content (AvgIpc) is 3.21. The first-order valence-corrected chi connectivity index (χ1v) is 14.7. The van der Waals surface area contributed by atoms with Gasteiger partial charge in [-0.25, -0.2) is 0 Å². The molecule has 4 aliphatic rings. The highest BCUT2D eigenvalue weighted by molar-refractivity contribution is 9.12. The van der Waals surface area contributed by atoms with Crippen LogP contribution in [0, 0.1) is 17.8 Å². The predicted molar refractivity (Wildman–Crippen MR) is 155 cm³/mol. The van der Waals surface area contributed by atoms with Crippen LogP contribution in [0.1, 0.15) is 36.8 Å². The van der Waals surface area contributed by atoms with E-state index in [1.165, 1.54) is 18.1 Å². The Bertz CT molecular complexity index is 1600. The Hall–Kier alpha value is -3.30. The molecule has 6 rings (SSSR count). The first-order chi connectivity index (χ1) is 19.2. The Labute approximate surface area is 247 Å². The van der Waals surface area contributed by atoms with Gasteiger partial charge in [0.15, 0.2) is 23.1 Å². The number of benzene rings is 2. The number of phenolic OH excluding ortho intramolecular Hbond substituents is 1. The fourth-order valence-electron chi connectivity index (χ4n) is 6.64. The topological polar surface area (TPSA) is 101 Å². The van der Waals surface area contributed by atoms with Crippen molar-refractivity contribution in [1.82, 2.24) is 0 Å². The summed E-state index contributed by atoms with van der Waals surface area (Å²) >= 11 is 6.63. The summed E-state index contributed by atoms with van der Waals surface area (Å²) in [6, 6.07) is 10.8. The molecule has 1 heterocycles. The van der Waals surface area contributed by atoms with Gasteiger partial charge in [0, 0.05) is 23.1 Å². The Balaban J connectivity index is 1.49. The summed E-state index contributed by atoms with van der Waals surface area (Å²) < 4.78 is 5.93. The summed E-state index contributed by atoms with van der Waals surface area (Å²) in [4.78, 5) is 55.7. The Morgan fingerprint density at radius 1 is 1.02 bits per heavy atom. The van der Waals surface area contributed by atoms with Gasteiger partial charge in [0.05, 0.1) is 33.6 Å². The molecule has 9 heteroatoms. The third kappa shape index (κ3) is 3.96. The molecule has 3 aliphatic carbocycles. The lowest BCUT2D eigenvalue weighted by Gasteiger charge is -2.42. The van der Waals surface area contributed by atoms with Gasteiger partial charge >= 0.3 is 0 Å². The van der Waals surface area contributed by atoms with Gasteiger partial charge in [-0.3, -0.25) is 24.1 Å². The number of aromatic hydroxyl groups is 1. The second-order valence-corrected chi connectivity index (χ2v) is 12.2. The number of ether oxygens (including phenoxy) is 1. The van der Waals surface area contributed by atoms with E-state index in [1.54, 1.807) is 24.3 Å². The molecule has 1 saturated heterocycles. The van der Waals surface area contributed by atoms with Crippen LogP contribution >= 0.6 is 31.9 Å². The van der Waals surface area contributed by atoms with Crippen LogP contribution in [-0.2, 0) is 25.6 Å². The maximum atomic E-state index is 14.0. The lowest BCUT2D eigenvalue weighted by molar-refractivity contribution is -0.123. The number of hydrogen-bond acceptors (Lipinski definition) is 6. The van der Waals surface area contributed by atoms with Crippen molar-refractivity contribution in [1.29, 1.82) is 0 Å². The molecular formula is C31H25Br2NO6. The zero-order chi connectivity index (χ0) is 28.5. The number of anilines is 1. The summed E-state index contributed by atoms with van der Waals surface area (Å²) in [5.74, 6) is -3.30. The molecule has 204 valence electrons. The summed E-state index contributed by atoms with van der Waals surface area (Å²) in [5, 5.41) is 10.4. The molecule has 1 aliphatic heterocycles. The monoisotopic (exact) mass is 665 g/mol. The highest BCUT2D eigenvalue weighted by Gasteiger charge is 2.56. The van der Waals surface area contributed by atoms with Crippen LogP contribution in [0.25, 0.3) is 0 Å². The number of rotatable bonds is 4. The molecule has 4 unspecified atom stereocenters. The zero-order valence-corrected chi connectivity index (χ0v) is 24.9. The number of allylic oxidation sites excluding steroid dienone is 6. The number of fused-ring (bicyclic) bond motifs is 3. The number of methoxy groups -OCH3 is 1. The summed E-state index contributed by atoms with van der Waals surface area (Å²) in [5.41, 5.74) is 3.82. The standard InChI is InChI=1S/C31H25Br2NO6/c1-3-14-4-6-16(7-5-14)34-30(38)18-9-8-17-19(26(18)31(34)39)12-20-27(23(35)13-22(33)28(20)36)25(17)15-10-21(32)29(37)24(11-15)40-2/h4-8,10-11,13,18-19,25-26,37H,3,9,12H2,1-2H3. The SMILES string of the molecule is CCc1ccc(N2C(=O)C3CC=C4C(c5cc(Br)c(O)c(OC)c5)C5=C(CC4C3C2=O)C(=O)C(Br)=CC5=O)cc1. The second kappa shape index (κ2) is 9.96. The highest BCUT2D eigenvalue weighted by atomic mass is 79.9. The summed E-state index contributed by atoms with van der Waals surface area (Å²) in [7, 11) is 1.43. The largest absolute Gasteiger partial charge is 0.503 e. The number of carbonyl (C=O) groups is 4. The average molecular weight is 667 g/mol. The van der Waals surface area contributed by atoms with Gasteiger partial charge in [0.2, 0.25) is 11.8 Å². The quantitative estimate of drug-likeness (QED) is 0.256. The Morgan fingerprint density at radius 3 is 2.42 bits per heavy atom. The molecule has 0 saturated carbocycles. The number of ketones is 2. The van der Waals surface area contributed by atoms with Crippen LogP contribution in [0.2, 0.25) is 0 Å². The molecular weight excluding hydrogens is 642 g/mol. The maximum Gasteiger partial charge on any atom is 0.238 e. The number of phenols is 1. The number of carbonyl (C=O) groups excluding carboxylic acids is 4. The lowest BCUT2D eigenvalue weighted by Crippen LogP contribution is -2.39. The van der Waals surface area contributed by atoms with Crippen molar-refractivity contribution in [3.05, 3.63) is 85.4 Å². The molecule has 0 radical (unpaired) electrons. The van der Waals surface area contributed by atoms with Crippen LogP contribution in [0.4, 0.5) is 5.69 Å². The molecule has 40 heavy (non-hydrogen) atoms. The molecule has 4 atom stereocenters. The van der Waals surface area contributed by atoms with Gasteiger partial charge in [-0.05, 0) is 92.4 Å². The van der Waals surface area contributed by atoms with Crippen LogP contribution < -0.4 is 9.64 Å². The van der Waals surface area contributed by atoms with Crippen molar-refractivity contribution < 1.29 is 29.0 Å². The van der Waals surface area contributed by atoms with E-state index in [-0.39, 0.29) is 45.8 Å². The molecule has 1 N–H and O–H groups in total. The molecule has 0 aromatic heterocycles. The van der Waals surface area contributed by atoms with Crippen LogP contribution in [0.3, 0.4) is 0 Å². The van der Waals surface area contributed by atoms with Gasteiger partial charge in [-0.15, -0.1) is 0 Å². The third-order valence-corrected chi connectivity index (χ3v) is 9.73. The maximum absolute atomic E-state index is 14.0. The molecule has 1 fully saturated rings. The predicted octanol–water partition coefficient (Wildman–Crippen LogP) is 5.69. The Kier molecular flexibility index (Phi) is 6.70. The van der Waals surface area contributed by atoms with Crippen LogP contribution in [0.15, 0.2) is 74.2 Å². The highest BCUT2D eigenvalue weighted by Crippen LogP contribution is 2.56. The first kappa shape index (κ1) is 26.9. The van der Waals surface area contributed by atoms with Crippen molar-refractivity contribution in [2.45, 2.75) is 32.1 Å². The summed E-state index contributed by atoms with van der Waals surface area (Å²) in [6.07, 6.45) is 4.63. The van der Waals surface area contributed by atoms with Crippen molar-refractivity contribution in [2.75, 3.05) is 12.0 Å². The number of halogens is 2. The smallest absolute Gasteiger partial charge is 0.238 e. The number of aryl methyl sites for hydroxylation is 1. The molecule has 0 bridgehead atoms. The van der Waals surface area contributed by atoms with Crippen LogP contribution in [-0.4, -0.2) is 35.6 Å². The van der Waals surface area contributed by atoms with E-state index < -0.39 is 23.7 Å². The van der Waals surface area contributed by atoms with Crippen molar-refractivity contribution in [3.63, 3.8) is 0 Å². The minimum atomic E-state index is -0.662. The van der Waals surface area contributed by atoms with E-state index in [0.717, 1.165) is 17.6 Å². The van der Waals surface area contributed by atoms with E-state index >= 15 is 0 Å². The Morgan fingerprint density at radius 2 is 1.75 bits per heavy atom. The number of amides is 2. The van der Waals surface area contributed by atoms with E-state index in [2.05, 4.69) is 31.9 Å². The van der Waals surface area contributed by atoms with E-state index in [1.807, 2.05) is 25.1 Å². The minimum Gasteiger partial charge on any atom is -0.503 e. The number of Topliss-reactive ketones (excluding diaryl/α,β-unsaturated/α-hetero) is 1. The van der Waals surface area contributed by atoms with Gasteiger partial charge in [-0.2, -0.15) is 0 Å². The normalized spacial score (nSPS) is 25.9. The van der Waals surface area contributed by atoms with Gasteiger partial charge in [-0.1, -0.05) is 30.7 Å². The van der Waals surface area contributed by atoms with E-state index in [0.29, 0.717) is 33.3 Å². The fraction of sp³-hybridized carbons (Fsp3) is 0.290. The van der Waals surface area contributed by atoms with Crippen LogP contribution in [0.5, 0.6) is 11.5 Å². The zero-order valence-electron chi connectivity index (χ0n) is 21.7. The van der Waals surface area contributed by atoms with E-state index in [9.17, 15) is 24.3 Å². The first-order valence-electron chi connectivity index (χ1n) is 13.1. The minimum absolute atomic E-state index is 0.0829. The van der Waals surface area contributed by atoms with E-state index in [4.69, 9.17) is 4.74 Å². The number of nitrogens with zero attached hydrogens (tertiary/aromatic N) is 1. The molecule has 2 aromatic carbocycles. The molecule has 0 spiro atoms. The second-order valence-electron chi connectivity index (χ2n) is 10.5. The molecule has 7 nitrogen and oxygen atoms in total. The molecule has 2 amide bonds.